The summed E-state index contributed by atoms with van der Waals surface area (Å²) in [6.45, 7) is 10.9. The fourth-order valence-electron chi connectivity index (χ4n) is 1.90. The molecule has 1 unspecified atom stereocenters. The van der Waals surface area contributed by atoms with E-state index in [1.807, 2.05) is 24.3 Å². The van der Waals surface area contributed by atoms with E-state index in [-0.39, 0.29) is 18.1 Å². The summed E-state index contributed by atoms with van der Waals surface area (Å²) in [5.41, 5.74) is 1.42. The van der Waals surface area contributed by atoms with E-state index >= 15 is 0 Å². The molecule has 6 heteroatoms. The zero-order valence-corrected chi connectivity index (χ0v) is 17.3. The van der Waals surface area contributed by atoms with Crippen molar-refractivity contribution < 1.29 is 29.0 Å². The highest BCUT2D eigenvalue weighted by Crippen LogP contribution is 2.20. The molecule has 0 aliphatic rings. The Labute approximate surface area is 177 Å². The van der Waals surface area contributed by atoms with Crippen molar-refractivity contribution in [2.45, 2.75) is 20.0 Å². The van der Waals surface area contributed by atoms with Gasteiger partial charge in [0.2, 0.25) is 0 Å². The maximum atomic E-state index is 11.3. The molecule has 2 aromatic carbocycles. The minimum Gasteiger partial charge on any atom is -0.463 e. The summed E-state index contributed by atoms with van der Waals surface area (Å²) in [5, 5.41) is 9.79. The van der Waals surface area contributed by atoms with E-state index < -0.39 is 12.1 Å². The van der Waals surface area contributed by atoms with Crippen molar-refractivity contribution in [2.75, 3.05) is 13.2 Å². The minimum atomic E-state index is -0.995. The van der Waals surface area contributed by atoms with Crippen molar-refractivity contribution in [3.05, 3.63) is 96.6 Å². The van der Waals surface area contributed by atoms with Crippen molar-refractivity contribution in [3.8, 4) is 0 Å². The van der Waals surface area contributed by atoms with Gasteiger partial charge in [-0.05, 0) is 19.4 Å². The smallest absolute Gasteiger partial charge is 0.336 e. The van der Waals surface area contributed by atoms with Crippen LogP contribution in [0.3, 0.4) is 0 Å². The zero-order chi connectivity index (χ0) is 22.8. The third-order valence-electron chi connectivity index (χ3n) is 3.37. The van der Waals surface area contributed by atoms with Crippen LogP contribution in [0.4, 0.5) is 0 Å². The van der Waals surface area contributed by atoms with Gasteiger partial charge >= 0.3 is 11.9 Å². The van der Waals surface area contributed by atoms with E-state index in [0.717, 1.165) is 17.9 Å². The van der Waals surface area contributed by atoms with E-state index in [1.165, 1.54) is 0 Å². The summed E-state index contributed by atoms with van der Waals surface area (Å²) in [6.07, 6.45) is 0.981. The van der Waals surface area contributed by atoms with Crippen LogP contribution >= 0.6 is 0 Å². The van der Waals surface area contributed by atoms with Gasteiger partial charge in [0.1, 0.15) is 12.4 Å². The fourth-order valence-corrected chi connectivity index (χ4v) is 1.90. The molecule has 0 aromatic heterocycles. The first-order valence-electron chi connectivity index (χ1n) is 9.29. The lowest BCUT2D eigenvalue weighted by Crippen LogP contribution is -2.13. The van der Waals surface area contributed by atoms with E-state index in [1.54, 1.807) is 50.2 Å². The van der Waals surface area contributed by atoms with Crippen LogP contribution in [0.25, 0.3) is 0 Å². The Bertz CT molecular complexity index is 784. The molecule has 0 saturated carbocycles. The van der Waals surface area contributed by atoms with Crippen LogP contribution in [0.5, 0.6) is 0 Å². The van der Waals surface area contributed by atoms with E-state index in [9.17, 15) is 19.5 Å². The first-order valence-corrected chi connectivity index (χ1v) is 9.29. The second kappa shape index (κ2) is 16.4. The van der Waals surface area contributed by atoms with Crippen molar-refractivity contribution in [1.29, 1.82) is 0 Å². The van der Waals surface area contributed by atoms with Gasteiger partial charge in [0, 0.05) is 11.6 Å². The molecule has 0 saturated heterocycles. The monoisotopic (exact) mass is 412 g/mol. The number of aldehydes is 1. The summed E-state index contributed by atoms with van der Waals surface area (Å²) in [4.78, 5) is 31.4. The van der Waals surface area contributed by atoms with Crippen LogP contribution < -0.4 is 0 Å². The summed E-state index contributed by atoms with van der Waals surface area (Å²) in [7, 11) is 0. The summed E-state index contributed by atoms with van der Waals surface area (Å²) in [6, 6.07) is 18.0. The second-order valence-corrected chi connectivity index (χ2v) is 5.54. The summed E-state index contributed by atoms with van der Waals surface area (Å²) >= 11 is 0. The first-order chi connectivity index (χ1) is 14.4. The van der Waals surface area contributed by atoms with Gasteiger partial charge in [-0.15, -0.1) is 0 Å². The number of benzene rings is 2. The van der Waals surface area contributed by atoms with Gasteiger partial charge in [0.15, 0.2) is 0 Å². The van der Waals surface area contributed by atoms with Crippen LogP contribution in [0, 0.1) is 0 Å². The molecule has 6 nitrogen and oxygen atoms in total. The quantitative estimate of drug-likeness (QED) is 0.419. The summed E-state index contributed by atoms with van der Waals surface area (Å²) in [5.74, 6) is -0.920. The Kier molecular flexibility index (Phi) is 14.5. The molecule has 30 heavy (non-hydrogen) atoms. The van der Waals surface area contributed by atoms with E-state index in [2.05, 4.69) is 17.9 Å². The summed E-state index contributed by atoms with van der Waals surface area (Å²) < 4.78 is 9.18. The zero-order valence-electron chi connectivity index (χ0n) is 17.3. The van der Waals surface area contributed by atoms with Gasteiger partial charge in [-0.3, -0.25) is 4.79 Å². The van der Waals surface area contributed by atoms with Gasteiger partial charge < -0.3 is 14.6 Å². The fraction of sp³-hybridized carbons (Fsp3) is 0.208. The second-order valence-electron chi connectivity index (χ2n) is 5.54. The number of carbonyl (C=O) groups is 3. The van der Waals surface area contributed by atoms with Crippen LogP contribution in [-0.2, 0) is 19.1 Å². The highest BCUT2D eigenvalue weighted by Gasteiger charge is 2.18. The molecule has 0 aliphatic carbocycles. The molecule has 160 valence electrons. The Morgan fingerprint density at radius 2 is 1.47 bits per heavy atom. The van der Waals surface area contributed by atoms with Gasteiger partial charge in [0.05, 0.1) is 18.8 Å². The van der Waals surface area contributed by atoms with Gasteiger partial charge in [-0.2, -0.15) is 0 Å². The van der Waals surface area contributed by atoms with Crippen LogP contribution in [0.2, 0.25) is 0 Å². The largest absolute Gasteiger partial charge is 0.463 e. The predicted octanol–water partition coefficient (Wildman–Crippen LogP) is 4.07. The lowest BCUT2D eigenvalue weighted by Gasteiger charge is -2.12. The SMILES string of the molecule is C=C(C(=O)OCC)C(O)c1ccccc1.C=CC(=O)OCC.O=Cc1ccccc1. The topological polar surface area (TPSA) is 89.9 Å². The molecular formula is C24H28O6. The predicted molar refractivity (Wildman–Crippen MR) is 116 cm³/mol. The number of ether oxygens (including phenoxy) is 2. The Morgan fingerprint density at radius 1 is 0.967 bits per heavy atom. The van der Waals surface area contributed by atoms with Crippen LogP contribution in [0.1, 0.15) is 35.9 Å². The molecule has 0 bridgehead atoms. The molecule has 0 radical (unpaired) electrons. The highest BCUT2D eigenvalue weighted by atomic mass is 16.5. The number of hydrogen-bond donors (Lipinski definition) is 1. The molecule has 0 amide bonds. The van der Waals surface area contributed by atoms with E-state index in [0.29, 0.717) is 12.2 Å². The molecule has 0 heterocycles. The number of hydrogen-bond acceptors (Lipinski definition) is 6. The van der Waals surface area contributed by atoms with Crippen molar-refractivity contribution >= 4 is 18.2 Å². The Hall–Kier alpha value is -3.51. The van der Waals surface area contributed by atoms with Gasteiger partial charge in [-0.25, -0.2) is 9.59 Å². The van der Waals surface area contributed by atoms with Crippen molar-refractivity contribution in [2.24, 2.45) is 0 Å². The number of carbonyl (C=O) groups excluding carboxylic acids is 3. The molecule has 2 rings (SSSR count). The number of aliphatic hydroxyl groups excluding tert-OH is 1. The molecule has 2 aromatic rings. The third kappa shape index (κ3) is 11.4. The molecule has 0 aliphatic heterocycles. The molecular weight excluding hydrogens is 384 g/mol. The van der Waals surface area contributed by atoms with E-state index in [4.69, 9.17) is 4.74 Å². The molecule has 1 N–H and O–H groups in total. The Balaban J connectivity index is 0.000000471. The van der Waals surface area contributed by atoms with Gasteiger partial charge in [0.25, 0.3) is 0 Å². The maximum absolute atomic E-state index is 11.3. The standard InChI is InChI=1S/C12H14O3.C7H6O.C5H8O2/c1-3-15-12(14)9(2)11(13)10-7-5-4-6-8-10;8-6-7-4-2-1-3-5-7;1-3-5(6)7-4-2/h4-8,11,13H,2-3H2,1H3;1-6H;3H,1,4H2,2H3. The third-order valence-corrected chi connectivity index (χ3v) is 3.37. The first kappa shape index (κ1) is 26.5. The highest BCUT2D eigenvalue weighted by molar-refractivity contribution is 5.89. The number of aliphatic hydroxyl groups is 1. The Morgan fingerprint density at radius 3 is 1.83 bits per heavy atom. The lowest BCUT2D eigenvalue weighted by atomic mass is 10.0. The van der Waals surface area contributed by atoms with Crippen LogP contribution in [-0.4, -0.2) is 36.5 Å². The number of rotatable bonds is 7. The normalized spacial score (nSPS) is 9.97. The molecule has 0 fully saturated rings. The average molecular weight is 412 g/mol. The maximum Gasteiger partial charge on any atom is 0.336 e. The van der Waals surface area contributed by atoms with Gasteiger partial charge in [-0.1, -0.05) is 73.8 Å². The minimum absolute atomic E-state index is 0.0584. The van der Waals surface area contributed by atoms with Crippen molar-refractivity contribution in [1.82, 2.24) is 0 Å². The average Bonchev–Trinajstić information content (AvgIpc) is 2.80. The van der Waals surface area contributed by atoms with Crippen molar-refractivity contribution in [3.63, 3.8) is 0 Å². The number of esters is 2. The van der Waals surface area contributed by atoms with Crippen LogP contribution in [0.15, 0.2) is 85.5 Å². The lowest BCUT2D eigenvalue weighted by molar-refractivity contribution is -0.140. The molecule has 1 atom stereocenters. The molecule has 0 spiro atoms.